The summed E-state index contributed by atoms with van der Waals surface area (Å²) in [7, 11) is 0. The van der Waals surface area contributed by atoms with E-state index in [9.17, 15) is 9.59 Å². The summed E-state index contributed by atoms with van der Waals surface area (Å²) in [5.41, 5.74) is 1.79. The van der Waals surface area contributed by atoms with Crippen LogP contribution in [0.15, 0.2) is 28.6 Å². The van der Waals surface area contributed by atoms with E-state index in [0.717, 1.165) is 21.5 Å². The Bertz CT molecular complexity index is 816. The molecule has 0 aliphatic heterocycles. The summed E-state index contributed by atoms with van der Waals surface area (Å²) >= 11 is 2.98. The summed E-state index contributed by atoms with van der Waals surface area (Å²) in [5.74, 6) is 0.0526. The van der Waals surface area contributed by atoms with Crippen molar-refractivity contribution in [1.29, 1.82) is 0 Å². The fourth-order valence-electron chi connectivity index (χ4n) is 3.40. The fourth-order valence-corrected chi connectivity index (χ4v) is 5.45. The topological polar surface area (TPSA) is 84.0 Å². The number of nitrogens with zero attached hydrogens (tertiary/aromatic N) is 2. The molecule has 3 rings (SSSR count). The molecule has 1 fully saturated rings. The molecule has 1 heterocycles. The molecule has 1 aliphatic carbocycles. The summed E-state index contributed by atoms with van der Waals surface area (Å²) in [5, 5.41) is 15.4. The minimum atomic E-state index is -0.226. The average Bonchev–Trinajstić information content (AvgIpc) is 3.15. The van der Waals surface area contributed by atoms with Crippen LogP contribution in [-0.4, -0.2) is 39.7 Å². The monoisotopic (exact) mass is 432 g/mol. The Morgan fingerprint density at radius 1 is 1.17 bits per heavy atom. The van der Waals surface area contributed by atoms with Crippen LogP contribution in [0.5, 0.6) is 0 Å². The summed E-state index contributed by atoms with van der Waals surface area (Å²) in [6.45, 7) is 4.02. The summed E-state index contributed by atoms with van der Waals surface area (Å²) < 4.78 is 0.816. The van der Waals surface area contributed by atoms with E-state index in [4.69, 9.17) is 0 Å². The summed E-state index contributed by atoms with van der Waals surface area (Å²) in [6, 6.07) is 8.11. The van der Waals surface area contributed by atoms with Crippen molar-refractivity contribution in [2.45, 2.75) is 68.0 Å². The predicted octanol–water partition coefficient (Wildman–Crippen LogP) is 4.32. The van der Waals surface area contributed by atoms with Crippen molar-refractivity contribution in [3.8, 4) is 0 Å². The Balaban J connectivity index is 1.50. The minimum Gasteiger partial charge on any atom is -0.357 e. The number of amides is 1. The van der Waals surface area contributed by atoms with Crippen molar-refractivity contribution < 1.29 is 9.59 Å². The Morgan fingerprint density at radius 2 is 1.90 bits per heavy atom. The first-order chi connectivity index (χ1) is 14.0. The molecule has 1 aromatic carbocycles. The number of carbonyl (C=O) groups is 2. The van der Waals surface area contributed by atoms with Gasteiger partial charge >= 0.3 is 0 Å². The Morgan fingerprint density at radius 3 is 2.59 bits per heavy atom. The van der Waals surface area contributed by atoms with Crippen molar-refractivity contribution in [3.63, 3.8) is 0 Å². The van der Waals surface area contributed by atoms with E-state index >= 15 is 0 Å². The van der Waals surface area contributed by atoms with E-state index in [1.54, 1.807) is 0 Å². The lowest BCUT2D eigenvalue weighted by molar-refractivity contribution is -0.118. The second-order valence-electron chi connectivity index (χ2n) is 7.41. The second-order valence-corrected chi connectivity index (χ2v) is 9.97. The van der Waals surface area contributed by atoms with Gasteiger partial charge in [-0.15, -0.1) is 10.2 Å². The van der Waals surface area contributed by atoms with Crippen molar-refractivity contribution in [1.82, 2.24) is 15.5 Å². The minimum absolute atomic E-state index is 0.0311. The van der Waals surface area contributed by atoms with Crippen LogP contribution in [0.4, 0.5) is 5.13 Å². The molecule has 1 aliphatic rings. The van der Waals surface area contributed by atoms with Crippen LogP contribution < -0.4 is 10.6 Å². The van der Waals surface area contributed by atoms with Crippen LogP contribution in [0.2, 0.25) is 0 Å². The number of aromatic nitrogens is 2. The van der Waals surface area contributed by atoms with Crippen molar-refractivity contribution in [2.24, 2.45) is 0 Å². The van der Waals surface area contributed by atoms with Crippen LogP contribution in [0.3, 0.4) is 0 Å². The highest BCUT2D eigenvalue weighted by Gasteiger charge is 2.20. The van der Waals surface area contributed by atoms with Crippen LogP contribution in [0.1, 0.15) is 61.9 Å². The largest absolute Gasteiger partial charge is 0.357 e. The zero-order valence-electron chi connectivity index (χ0n) is 16.9. The number of nitrogens with one attached hydrogen (secondary N) is 2. The van der Waals surface area contributed by atoms with E-state index in [1.807, 2.05) is 31.2 Å². The van der Waals surface area contributed by atoms with E-state index in [0.29, 0.717) is 18.2 Å². The van der Waals surface area contributed by atoms with E-state index in [2.05, 4.69) is 20.8 Å². The van der Waals surface area contributed by atoms with Gasteiger partial charge in [0.25, 0.3) is 0 Å². The van der Waals surface area contributed by atoms with Gasteiger partial charge in [-0.25, -0.2) is 0 Å². The van der Waals surface area contributed by atoms with Gasteiger partial charge in [-0.3, -0.25) is 9.59 Å². The van der Waals surface area contributed by atoms with Crippen molar-refractivity contribution in [2.75, 3.05) is 11.9 Å². The number of benzene rings is 1. The van der Waals surface area contributed by atoms with Gasteiger partial charge in [0.2, 0.25) is 11.0 Å². The molecule has 2 N–H and O–H groups in total. The molecule has 0 bridgehead atoms. The van der Waals surface area contributed by atoms with Gasteiger partial charge in [-0.1, -0.05) is 66.6 Å². The lowest BCUT2D eigenvalue weighted by Gasteiger charge is -2.21. The molecule has 1 atom stereocenters. The summed E-state index contributed by atoms with van der Waals surface area (Å²) in [4.78, 5) is 23.7. The quantitative estimate of drug-likeness (QED) is 0.453. The van der Waals surface area contributed by atoms with Gasteiger partial charge in [0.15, 0.2) is 10.1 Å². The highest BCUT2D eigenvalue weighted by atomic mass is 32.2. The fraction of sp³-hybridized carbons (Fsp3) is 0.524. The maximum atomic E-state index is 12.8. The van der Waals surface area contributed by atoms with Gasteiger partial charge in [-0.2, -0.15) is 0 Å². The predicted molar refractivity (Wildman–Crippen MR) is 119 cm³/mol. The number of ketones is 1. The zero-order chi connectivity index (χ0) is 20.6. The van der Waals surface area contributed by atoms with Gasteiger partial charge in [0.1, 0.15) is 0 Å². The molecule has 1 amide bonds. The lowest BCUT2D eigenvalue weighted by atomic mass is 9.96. The Hall–Kier alpha value is -1.93. The molecule has 0 spiro atoms. The maximum absolute atomic E-state index is 12.8. The number of anilines is 1. The molecule has 156 valence electrons. The van der Waals surface area contributed by atoms with Crippen LogP contribution in [-0.2, 0) is 11.2 Å². The van der Waals surface area contributed by atoms with Crippen LogP contribution in [0.25, 0.3) is 0 Å². The van der Waals surface area contributed by atoms with Crippen LogP contribution >= 0.6 is 23.1 Å². The zero-order valence-corrected chi connectivity index (χ0v) is 18.6. The maximum Gasteiger partial charge on any atom is 0.216 e. The van der Waals surface area contributed by atoms with Gasteiger partial charge < -0.3 is 10.6 Å². The molecule has 8 heteroatoms. The lowest BCUT2D eigenvalue weighted by Crippen LogP contribution is -2.22. The smallest absolute Gasteiger partial charge is 0.216 e. The van der Waals surface area contributed by atoms with Gasteiger partial charge in [0.05, 0.1) is 5.25 Å². The Kier molecular flexibility index (Phi) is 8.06. The molecule has 0 radical (unpaired) electrons. The molecule has 0 saturated heterocycles. The number of Topliss-reactive ketones (excluding diaryl/α,β-unsaturated/α-hetero) is 1. The number of thioether (sulfide) groups is 1. The van der Waals surface area contributed by atoms with Gasteiger partial charge in [0, 0.05) is 25.1 Å². The molecule has 2 aromatic rings. The van der Waals surface area contributed by atoms with E-state index in [1.165, 1.54) is 62.1 Å². The summed E-state index contributed by atoms with van der Waals surface area (Å²) in [6.07, 6.45) is 7.01. The second kappa shape index (κ2) is 10.7. The third kappa shape index (κ3) is 6.82. The first-order valence-electron chi connectivity index (χ1n) is 10.2. The number of carbonyl (C=O) groups excluding carboxylic acids is 2. The Labute approximate surface area is 180 Å². The molecule has 29 heavy (non-hydrogen) atoms. The van der Waals surface area contributed by atoms with Crippen molar-refractivity contribution in [3.05, 3.63) is 35.4 Å². The average molecular weight is 433 g/mol. The van der Waals surface area contributed by atoms with Gasteiger partial charge in [-0.05, 0) is 31.7 Å². The van der Waals surface area contributed by atoms with E-state index in [-0.39, 0.29) is 16.9 Å². The van der Waals surface area contributed by atoms with E-state index < -0.39 is 0 Å². The highest BCUT2D eigenvalue weighted by molar-refractivity contribution is 8.02. The molecular formula is C21H28N4O2S2. The van der Waals surface area contributed by atoms with Crippen molar-refractivity contribution >= 4 is 39.9 Å². The van der Waals surface area contributed by atoms with Crippen LogP contribution in [0, 0.1) is 0 Å². The third-order valence-corrected chi connectivity index (χ3v) is 7.05. The number of rotatable bonds is 9. The molecule has 1 unspecified atom stereocenters. The first-order valence-corrected chi connectivity index (χ1v) is 11.8. The normalized spacial score (nSPS) is 15.7. The molecule has 6 nitrogen and oxygen atoms in total. The first kappa shape index (κ1) is 21.8. The number of hydrogen-bond donors (Lipinski definition) is 2. The molecular weight excluding hydrogens is 404 g/mol. The molecule has 1 saturated carbocycles. The SMILES string of the molecule is CC(=O)NCCc1ccc(C(=O)C(C)Sc2nnc(NC3CCCCC3)s2)cc1. The third-order valence-electron chi connectivity index (χ3n) is 5.01. The number of hydrogen-bond acceptors (Lipinski definition) is 7. The standard InChI is InChI=1S/C21H28N4O2S2/c1-14(19(27)17-10-8-16(9-11-17)12-13-22-15(2)26)28-21-25-24-20(29-21)23-18-6-4-3-5-7-18/h8-11,14,18H,3-7,12-13H2,1-2H3,(H,22,26)(H,23,24). The highest BCUT2D eigenvalue weighted by Crippen LogP contribution is 2.31. The molecule has 1 aromatic heterocycles.